The first kappa shape index (κ1) is 24.6. The van der Waals surface area contributed by atoms with Crippen molar-refractivity contribution in [3.63, 3.8) is 0 Å². The zero-order valence-corrected chi connectivity index (χ0v) is 20.5. The van der Waals surface area contributed by atoms with Crippen molar-refractivity contribution in [2.75, 3.05) is 25.0 Å². The number of piperidine rings is 1. The van der Waals surface area contributed by atoms with Crippen LogP contribution in [0.1, 0.15) is 55.1 Å². The van der Waals surface area contributed by atoms with E-state index < -0.39 is 11.6 Å². The van der Waals surface area contributed by atoms with Crippen molar-refractivity contribution in [2.45, 2.75) is 58.2 Å². The minimum Gasteiger partial charge on any atom is -0.493 e. The fraction of sp³-hybridized carbons (Fsp3) is 0.444. The Morgan fingerprint density at radius 3 is 2.46 bits per heavy atom. The summed E-state index contributed by atoms with van der Waals surface area (Å²) >= 11 is 0. The third-order valence-corrected chi connectivity index (χ3v) is 5.89. The van der Waals surface area contributed by atoms with Gasteiger partial charge in [-0.15, -0.1) is 0 Å². The number of esters is 1. The van der Waals surface area contributed by atoms with Gasteiger partial charge < -0.3 is 24.4 Å². The van der Waals surface area contributed by atoms with Gasteiger partial charge in [0.2, 0.25) is 5.91 Å². The van der Waals surface area contributed by atoms with E-state index in [2.05, 4.69) is 5.32 Å². The van der Waals surface area contributed by atoms with Crippen LogP contribution in [0.5, 0.6) is 5.75 Å². The fourth-order valence-electron chi connectivity index (χ4n) is 4.13. The molecular weight excluding hydrogens is 448 g/mol. The van der Waals surface area contributed by atoms with Gasteiger partial charge in [0.25, 0.3) is 0 Å². The van der Waals surface area contributed by atoms with Gasteiger partial charge in [-0.05, 0) is 62.2 Å². The maximum absolute atomic E-state index is 12.6. The molecular formula is C27H32N2O6. The van der Waals surface area contributed by atoms with E-state index in [0.29, 0.717) is 43.8 Å². The normalized spacial score (nSPS) is 15.7. The summed E-state index contributed by atoms with van der Waals surface area (Å²) in [4.78, 5) is 38.8. The summed E-state index contributed by atoms with van der Waals surface area (Å²) in [6, 6.07) is 12.5. The molecule has 0 aromatic heterocycles. The molecule has 2 amide bonds. The number of hydrogen-bond donors (Lipinski definition) is 1. The predicted molar refractivity (Wildman–Crippen MR) is 131 cm³/mol. The fourth-order valence-corrected chi connectivity index (χ4v) is 4.13. The van der Waals surface area contributed by atoms with Crippen molar-refractivity contribution in [1.82, 2.24) is 4.90 Å². The first-order chi connectivity index (χ1) is 16.7. The number of benzene rings is 2. The van der Waals surface area contributed by atoms with Crippen LogP contribution in [-0.2, 0) is 27.1 Å². The van der Waals surface area contributed by atoms with E-state index in [1.54, 1.807) is 29.2 Å². The number of carbonyl (C=O) groups is 3. The Balaban J connectivity index is 1.23. The molecule has 2 aromatic carbocycles. The lowest BCUT2D eigenvalue weighted by atomic mass is 10.1. The summed E-state index contributed by atoms with van der Waals surface area (Å²) in [6.45, 7) is 7.15. The SMILES string of the molecule is CC(C)(C)OC(=O)N1CCC(OC(=O)c2ccc(NC(=O)Cc3ccc4c(c3)CCO4)cc2)CC1. The average Bonchev–Trinajstić information content (AvgIpc) is 3.27. The molecule has 0 bridgehead atoms. The highest BCUT2D eigenvalue weighted by Gasteiger charge is 2.28. The monoisotopic (exact) mass is 480 g/mol. The van der Waals surface area contributed by atoms with E-state index >= 15 is 0 Å². The standard InChI is InChI=1S/C27H32N2O6/c1-27(2,3)35-26(32)29-13-10-22(11-14-29)34-25(31)19-5-7-21(8-6-19)28-24(30)17-18-4-9-23-20(16-18)12-15-33-23/h4-9,16,22H,10-15,17H2,1-3H3,(H,28,30). The molecule has 8 nitrogen and oxygen atoms in total. The lowest BCUT2D eigenvalue weighted by Gasteiger charge is -2.33. The first-order valence-corrected chi connectivity index (χ1v) is 12.0. The van der Waals surface area contributed by atoms with Gasteiger partial charge in [0.15, 0.2) is 0 Å². The lowest BCUT2D eigenvalue weighted by molar-refractivity contribution is -0.115. The van der Waals surface area contributed by atoms with E-state index in [9.17, 15) is 14.4 Å². The number of rotatable bonds is 5. The Morgan fingerprint density at radius 1 is 1.06 bits per heavy atom. The van der Waals surface area contributed by atoms with E-state index in [1.807, 2.05) is 39.0 Å². The zero-order chi connectivity index (χ0) is 25.0. The minimum atomic E-state index is -0.539. The van der Waals surface area contributed by atoms with Gasteiger partial charge in [0.05, 0.1) is 18.6 Å². The Kier molecular flexibility index (Phi) is 7.28. The van der Waals surface area contributed by atoms with Crippen LogP contribution in [-0.4, -0.2) is 54.3 Å². The predicted octanol–water partition coefficient (Wildman–Crippen LogP) is 4.36. The van der Waals surface area contributed by atoms with E-state index in [4.69, 9.17) is 14.2 Å². The number of hydrogen-bond acceptors (Lipinski definition) is 6. The quantitative estimate of drug-likeness (QED) is 0.639. The minimum absolute atomic E-state index is 0.129. The van der Waals surface area contributed by atoms with Crippen LogP contribution >= 0.6 is 0 Å². The number of carbonyl (C=O) groups excluding carboxylic acids is 3. The van der Waals surface area contributed by atoms with Crippen molar-refractivity contribution in [2.24, 2.45) is 0 Å². The summed E-state index contributed by atoms with van der Waals surface area (Å²) in [7, 11) is 0. The third kappa shape index (κ3) is 6.74. The van der Waals surface area contributed by atoms with Gasteiger partial charge >= 0.3 is 12.1 Å². The Bertz CT molecular complexity index is 1080. The molecule has 186 valence electrons. The molecule has 0 radical (unpaired) electrons. The van der Waals surface area contributed by atoms with Crippen LogP contribution in [0, 0.1) is 0 Å². The summed E-state index contributed by atoms with van der Waals surface area (Å²) in [5.41, 5.74) is 2.56. The van der Waals surface area contributed by atoms with Gasteiger partial charge in [-0.3, -0.25) is 4.79 Å². The van der Waals surface area contributed by atoms with Crippen molar-refractivity contribution < 1.29 is 28.6 Å². The van der Waals surface area contributed by atoms with Crippen molar-refractivity contribution in [3.8, 4) is 5.75 Å². The maximum Gasteiger partial charge on any atom is 0.410 e. The number of amides is 2. The number of likely N-dealkylation sites (tertiary alicyclic amines) is 1. The number of nitrogens with one attached hydrogen (secondary N) is 1. The molecule has 2 aromatic rings. The van der Waals surface area contributed by atoms with Gasteiger partial charge in [-0.2, -0.15) is 0 Å². The van der Waals surface area contributed by atoms with Crippen LogP contribution in [0.2, 0.25) is 0 Å². The van der Waals surface area contributed by atoms with Crippen molar-refractivity contribution in [1.29, 1.82) is 0 Å². The average molecular weight is 481 g/mol. The van der Waals surface area contributed by atoms with Crippen molar-refractivity contribution >= 4 is 23.7 Å². The second-order valence-electron chi connectivity index (χ2n) is 9.91. The van der Waals surface area contributed by atoms with Gasteiger partial charge in [0, 0.05) is 38.0 Å². The number of anilines is 1. The van der Waals surface area contributed by atoms with Crippen LogP contribution in [0.25, 0.3) is 0 Å². The van der Waals surface area contributed by atoms with Gasteiger partial charge in [-0.1, -0.05) is 12.1 Å². The van der Waals surface area contributed by atoms with E-state index in [0.717, 1.165) is 23.3 Å². The molecule has 1 N–H and O–H groups in total. The van der Waals surface area contributed by atoms with Crippen LogP contribution < -0.4 is 10.1 Å². The molecule has 35 heavy (non-hydrogen) atoms. The molecule has 2 aliphatic heterocycles. The van der Waals surface area contributed by atoms with E-state index in [1.165, 1.54) is 0 Å². The van der Waals surface area contributed by atoms with Crippen LogP contribution in [0.4, 0.5) is 10.5 Å². The summed E-state index contributed by atoms with van der Waals surface area (Å²) in [6.07, 6.45) is 1.66. The molecule has 0 atom stereocenters. The smallest absolute Gasteiger partial charge is 0.410 e. The molecule has 0 aliphatic carbocycles. The third-order valence-electron chi connectivity index (χ3n) is 5.89. The molecule has 2 heterocycles. The molecule has 1 fully saturated rings. The Labute approximate surface area is 205 Å². The van der Waals surface area contributed by atoms with Crippen molar-refractivity contribution in [3.05, 3.63) is 59.2 Å². The zero-order valence-electron chi connectivity index (χ0n) is 20.5. The number of ether oxygens (including phenoxy) is 3. The largest absolute Gasteiger partial charge is 0.493 e. The number of nitrogens with zero attached hydrogens (tertiary/aromatic N) is 1. The topological polar surface area (TPSA) is 94.2 Å². The summed E-state index contributed by atoms with van der Waals surface area (Å²) in [5.74, 6) is 0.347. The van der Waals surface area contributed by atoms with Crippen LogP contribution in [0.3, 0.4) is 0 Å². The van der Waals surface area contributed by atoms with Crippen LogP contribution in [0.15, 0.2) is 42.5 Å². The Morgan fingerprint density at radius 2 is 1.77 bits per heavy atom. The summed E-state index contributed by atoms with van der Waals surface area (Å²) < 4.78 is 16.5. The van der Waals surface area contributed by atoms with Gasteiger partial charge in [0.1, 0.15) is 17.5 Å². The maximum atomic E-state index is 12.6. The molecule has 2 aliphatic rings. The molecule has 4 rings (SSSR count). The molecule has 1 saturated heterocycles. The first-order valence-electron chi connectivity index (χ1n) is 12.0. The second kappa shape index (κ2) is 10.4. The Hall–Kier alpha value is -3.55. The lowest BCUT2D eigenvalue weighted by Crippen LogP contribution is -2.43. The highest BCUT2D eigenvalue weighted by atomic mass is 16.6. The molecule has 0 unspecified atom stereocenters. The molecule has 0 saturated carbocycles. The van der Waals surface area contributed by atoms with E-state index in [-0.39, 0.29) is 24.5 Å². The second-order valence-corrected chi connectivity index (χ2v) is 9.91. The highest BCUT2D eigenvalue weighted by Crippen LogP contribution is 2.26. The highest BCUT2D eigenvalue weighted by molar-refractivity contribution is 5.94. The molecule has 8 heteroatoms. The summed E-state index contributed by atoms with van der Waals surface area (Å²) in [5, 5.41) is 2.87. The molecule has 0 spiro atoms. The number of fused-ring (bicyclic) bond motifs is 1. The van der Waals surface area contributed by atoms with Gasteiger partial charge in [-0.25, -0.2) is 9.59 Å².